The topological polar surface area (TPSA) is 44.5 Å². The Hall–Kier alpha value is -0.910. The molecule has 1 aromatic carbocycles. The Balaban J connectivity index is 2.34. The highest BCUT2D eigenvalue weighted by molar-refractivity contribution is 7.80. The van der Waals surface area contributed by atoms with Gasteiger partial charge in [-0.15, -0.1) is 0 Å². The van der Waals surface area contributed by atoms with Gasteiger partial charge in [0.25, 0.3) is 0 Å². The summed E-state index contributed by atoms with van der Waals surface area (Å²) in [7, 11) is 0. The van der Waals surface area contributed by atoms with Crippen LogP contribution in [0.1, 0.15) is 6.92 Å². The van der Waals surface area contributed by atoms with Crippen LogP contribution in [0.5, 0.6) is 5.75 Å². The lowest BCUT2D eigenvalue weighted by Crippen LogP contribution is -2.27. The molecule has 0 saturated heterocycles. The predicted octanol–water partition coefficient (Wildman–Crippen LogP) is 2.55. The minimum atomic E-state index is -0.500. The molecule has 0 radical (unpaired) electrons. The average molecular weight is 278 g/mol. The molecule has 0 saturated carbocycles. The molecule has 2 N–H and O–H groups in total. The summed E-state index contributed by atoms with van der Waals surface area (Å²) in [6.07, 6.45) is -0.316. The van der Waals surface area contributed by atoms with Crippen LogP contribution < -0.4 is 10.5 Å². The van der Waals surface area contributed by atoms with Crippen LogP contribution in [0.25, 0.3) is 0 Å². The standard InChI is InChI=1S/C11H13ClFNO2S/c1-7(11(14)17)15-4-5-16-10-3-2-8(12)6-9(10)13/h2-3,6-7H,4-5H2,1H3,(H2,14,17). The van der Waals surface area contributed by atoms with Crippen molar-refractivity contribution >= 4 is 28.8 Å². The molecule has 0 bridgehead atoms. The first-order valence-electron chi connectivity index (χ1n) is 4.99. The van der Waals surface area contributed by atoms with Crippen LogP contribution >= 0.6 is 23.8 Å². The maximum Gasteiger partial charge on any atom is 0.166 e. The van der Waals surface area contributed by atoms with Gasteiger partial charge in [-0.1, -0.05) is 23.8 Å². The van der Waals surface area contributed by atoms with Crippen molar-refractivity contribution in [2.45, 2.75) is 13.0 Å². The third kappa shape index (κ3) is 4.85. The first kappa shape index (κ1) is 14.2. The average Bonchev–Trinajstić information content (AvgIpc) is 2.26. The van der Waals surface area contributed by atoms with Crippen molar-refractivity contribution in [1.29, 1.82) is 0 Å². The summed E-state index contributed by atoms with van der Waals surface area (Å²) in [5.74, 6) is -0.360. The first-order chi connectivity index (χ1) is 8.00. The number of rotatable bonds is 6. The van der Waals surface area contributed by atoms with E-state index in [4.69, 9.17) is 39.0 Å². The van der Waals surface area contributed by atoms with Gasteiger partial charge in [0.05, 0.1) is 6.61 Å². The summed E-state index contributed by atoms with van der Waals surface area (Å²) < 4.78 is 23.7. The Kier molecular flexibility index (Phi) is 5.61. The van der Waals surface area contributed by atoms with Crippen LogP contribution in [0.15, 0.2) is 18.2 Å². The summed E-state index contributed by atoms with van der Waals surface area (Å²) in [6.45, 7) is 2.23. The summed E-state index contributed by atoms with van der Waals surface area (Å²) in [6, 6.07) is 4.21. The molecule has 1 aromatic rings. The van der Waals surface area contributed by atoms with Gasteiger partial charge in [0.15, 0.2) is 11.6 Å². The van der Waals surface area contributed by atoms with Crippen molar-refractivity contribution in [3.8, 4) is 5.75 Å². The number of benzene rings is 1. The lowest BCUT2D eigenvalue weighted by molar-refractivity contribution is 0.0799. The lowest BCUT2D eigenvalue weighted by Gasteiger charge is -2.12. The first-order valence-corrected chi connectivity index (χ1v) is 5.78. The summed E-state index contributed by atoms with van der Waals surface area (Å²) in [5.41, 5.74) is 5.36. The highest BCUT2D eigenvalue weighted by atomic mass is 35.5. The van der Waals surface area contributed by atoms with E-state index in [0.29, 0.717) is 5.02 Å². The van der Waals surface area contributed by atoms with Crippen LogP contribution in [0, 0.1) is 5.82 Å². The smallest absolute Gasteiger partial charge is 0.166 e. The Morgan fingerprint density at radius 3 is 2.82 bits per heavy atom. The van der Waals surface area contributed by atoms with Crippen molar-refractivity contribution < 1.29 is 13.9 Å². The van der Waals surface area contributed by atoms with Crippen molar-refractivity contribution in [3.63, 3.8) is 0 Å². The monoisotopic (exact) mass is 277 g/mol. The Morgan fingerprint density at radius 2 is 2.24 bits per heavy atom. The van der Waals surface area contributed by atoms with Crippen molar-refractivity contribution in [2.24, 2.45) is 5.73 Å². The molecule has 0 amide bonds. The molecule has 0 fully saturated rings. The van der Waals surface area contributed by atoms with E-state index in [0.717, 1.165) is 0 Å². The number of hydrogen-bond acceptors (Lipinski definition) is 3. The van der Waals surface area contributed by atoms with E-state index in [9.17, 15) is 4.39 Å². The van der Waals surface area contributed by atoms with E-state index < -0.39 is 5.82 Å². The predicted molar refractivity (Wildman–Crippen MR) is 69.1 cm³/mol. The number of hydrogen-bond donors (Lipinski definition) is 1. The highest BCUT2D eigenvalue weighted by Gasteiger charge is 2.06. The number of ether oxygens (including phenoxy) is 2. The molecule has 0 aliphatic carbocycles. The SMILES string of the molecule is CC(OCCOc1ccc(Cl)cc1F)C(N)=S. The zero-order chi connectivity index (χ0) is 12.8. The van der Waals surface area contributed by atoms with E-state index in [1.165, 1.54) is 12.1 Å². The summed E-state index contributed by atoms with van der Waals surface area (Å²) >= 11 is 10.3. The molecule has 0 spiro atoms. The van der Waals surface area contributed by atoms with Crippen LogP contribution in [0.2, 0.25) is 5.02 Å². The molecule has 0 aliphatic rings. The summed E-state index contributed by atoms with van der Waals surface area (Å²) in [5, 5.41) is 0.327. The fraction of sp³-hybridized carbons (Fsp3) is 0.364. The van der Waals surface area contributed by atoms with Gasteiger partial charge in [-0.25, -0.2) is 4.39 Å². The molecule has 1 atom stereocenters. The van der Waals surface area contributed by atoms with Crippen LogP contribution in [0.4, 0.5) is 4.39 Å². The maximum atomic E-state index is 13.3. The minimum absolute atomic E-state index is 0.140. The van der Waals surface area contributed by atoms with Crippen molar-refractivity contribution in [1.82, 2.24) is 0 Å². The van der Waals surface area contributed by atoms with Gasteiger partial charge >= 0.3 is 0 Å². The largest absolute Gasteiger partial charge is 0.488 e. The molecule has 0 aliphatic heterocycles. The van der Waals surface area contributed by atoms with Gasteiger partial charge in [-0.05, 0) is 25.1 Å². The lowest BCUT2D eigenvalue weighted by atomic mass is 10.3. The molecule has 3 nitrogen and oxygen atoms in total. The van der Waals surface area contributed by atoms with E-state index >= 15 is 0 Å². The Labute approximate surface area is 110 Å². The zero-order valence-electron chi connectivity index (χ0n) is 9.28. The normalized spacial score (nSPS) is 12.2. The van der Waals surface area contributed by atoms with Crippen molar-refractivity contribution in [2.75, 3.05) is 13.2 Å². The van der Waals surface area contributed by atoms with Gasteiger partial charge in [-0.2, -0.15) is 0 Å². The minimum Gasteiger partial charge on any atom is -0.488 e. The summed E-state index contributed by atoms with van der Waals surface area (Å²) in [4.78, 5) is 0.280. The van der Waals surface area contributed by atoms with Crippen LogP contribution in [-0.4, -0.2) is 24.3 Å². The molecule has 17 heavy (non-hydrogen) atoms. The molecular formula is C11H13ClFNO2S. The number of nitrogens with two attached hydrogens (primary N) is 1. The quantitative estimate of drug-likeness (QED) is 0.641. The second kappa shape index (κ2) is 6.74. The molecule has 1 rings (SSSR count). The number of halogens is 2. The van der Waals surface area contributed by atoms with Gasteiger partial charge in [-0.3, -0.25) is 0 Å². The Morgan fingerprint density at radius 1 is 1.53 bits per heavy atom. The van der Waals surface area contributed by atoms with Crippen LogP contribution in [0.3, 0.4) is 0 Å². The van der Waals surface area contributed by atoms with Gasteiger partial charge in [0.2, 0.25) is 0 Å². The molecule has 1 unspecified atom stereocenters. The van der Waals surface area contributed by atoms with Crippen molar-refractivity contribution in [3.05, 3.63) is 29.0 Å². The number of thiocarbonyl (C=S) groups is 1. The molecular weight excluding hydrogens is 265 g/mol. The van der Waals surface area contributed by atoms with E-state index in [-0.39, 0.29) is 30.1 Å². The maximum absolute atomic E-state index is 13.3. The molecule has 0 aromatic heterocycles. The van der Waals surface area contributed by atoms with Crippen LogP contribution in [-0.2, 0) is 4.74 Å². The van der Waals surface area contributed by atoms with Gasteiger partial charge in [0, 0.05) is 5.02 Å². The third-order valence-corrected chi connectivity index (χ3v) is 2.57. The van der Waals surface area contributed by atoms with E-state index in [1.54, 1.807) is 13.0 Å². The zero-order valence-corrected chi connectivity index (χ0v) is 10.9. The molecule has 0 heterocycles. The van der Waals surface area contributed by atoms with E-state index in [2.05, 4.69) is 0 Å². The fourth-order valence-corrected chi connectivity index (χ4v) is 1.28. The van der Waals surface area contributed by atoms with Gasteiger partial charge in [0.1, 0.15) is 17.7 Å². The fourth-order valence-electron chi connectivity index (χ4n) is 1.05. The second-order valence-corrected chi connectivity index (χ2v) is 4.25. The highest BCUT2D eigenvalue weighted by Crippen LogP contribution is 2.20. The van der Waals surface area contributed by atoms with Gasteiger partial charge < -0.3 is 15.2 Å². The molecule has 94 valence electrons. The van der Waals surface area contributed by atoms with E-state index in [1.807, 2.05) is 0 Å². The third-order valence-electron chi connectivity index (χ3n) is 2.00. The Bertz CT molecular complexity index is 403. The molecule has 6 heteroatoms. The second-order valence-electron chi connectivity index (χ2n) is 3.34.